The van der Waals surface area contributed by atoms with Gasteiger partial charge in [-0.05, 0) is 54.3 Å². The first-order valence-electron chi connectivity index (χ1n) is 11.7. The maximum atomic E-state index is 13.0. The predicted octanol–water partition coefficient (Wildman–Crippen LogP) is 2.80. The Hall–Kier alpha value is -4.44. The third kappa shape index (κ3) is 8.04. The summed E-state index contributed by atoms with van der Waals surface area (Å²) in [5.74, 6) is -3.04. The van der Waals surface area contributed by atoms with E-state index in [0.717, 1.165) is 10.8 Å². The minimum Gasteiger partial charge on any atom is -0.467 e. The molecule has 0 saturated carbocycles. The zero-order chi connectivity index (χ0) is 26.8. The van der Waals surface area contributed by atoms with Crippen LogP contribution in [-0.2, 0) is 14.3 Å². The van der Waals surface area contributed by atoms with Crippen LogP contribution in [0.5, 0.6) is 0 Å². The maximum absolute atomic E-state index is 13.0. The molecule has 1 atom stereocenters. The van der Waals surface area contributed by atoms with Gasteiger partial charge in [0.1, 0.15) is 6.04 Å². The molecule has 0 spiro atoms. The summed E-state index contributed by atoms with van der Waals surface area (Å²) in [7, 11) is 1.19. The van der Waals surface area contributed by atoms with Gasteiger partial charge in [-0.1, -0.05) is 42.5 Å². The summed E-state index contributed by atoms with van der Waals surface area (Å²) < 4.78 is 4.76. The van der Waals surface area contributed by atoms with Gasteiger partial charge in [-0.15, -0.1) is 12.4 Å². The maximum Gasteiger partial charge on any atom is 0.328 e. The second-order valence-corrected chi connectivity index (χ2v) is 8.24. The van der Waals surface area contributed by atoms with Gasteiger partial charge in [0.05, 0.1) is 18.4 Å². The number of nitrogens with zero attached hydrogens (tertiary/aromatic N) is 1. The molecule has 0 aromatic heterocycles. The van der Waals surface area contributed by atoms with Gasteiger partial charge in [0, 0.05) is 12.1 Å². The molecule has 6 N–H and O–H groups in total. The number of carbonyl (C=O) groups excluding carboxylic acids is 4. The van der Waals surface area contributed by atoms with Gasteiger partial charge in [-0.3, -0.25) is 19.4 Å². The molecule has 0 bridgehead atoms. The van der Waals surface area contributed by atoms with Gasteiger partial charge >= 0.3 is 5.97 Å². The summed E-state index contributed by atoms with van der Waals surface area (Å²) in [5, 5.41) is 7.03. The lowest BCUT2D eigenvalue weighted by Gasteiger charge is -2.16. The number of unbranched alkanes of at least 4 members (excludes halogenated alkanes) is 1. The highest BCUT2D eigenvalue weighted by atomic mass is 35.5. The summed E-state index contributed by atoms with van der Waals surface area (Å²) in [6.45, 7) is 0.368. The zero-order valence-corrected chi connectivity index (χ0v) is 21.6. The molecule has 1 unspecified atom stereocenters. The molecule has 11 heteroatoms. The fraction of sp³-hybridized carbons (Fsp3) is 0.222. The van der Waals surface area contributed by atoms with E-state index in [4.69, 9.17) is 16.2 Å². The van der Waals surface area contributed by atoms with Crippen molar-refractivity contribution in [3.05, 3.63) is 77.9 Å². The number of carbonyl (C=O) groups is 4. The fourth-order valence-electron chi connectivity index (χ4n) is 3.72. The van der Waals surface area contributed by atoms with Crippen LogP contribution in [0.4, 0.5) is 5.69 Å². The molecule has 0 aliphatic rings. The molecule has 2 amide bonds. The summed E-state index contributed by atoms with van der Waals surface area (Å²) in [6.07, 6.45) is 1.30. The van der Waals surface area contributed by atoms with E-state index >= 15 is 0 Å². The van der Waals surface area contributed by atoms with E-state index in [2.05, 4.69) is 15.6 Å². The van der Waals surface area contributed by atoms with Crippen molar-refractivity contribution in [1.82, 2.24) is 5.32 Å². The van der Waals surface area contributed by atoms with E-state index in [-0.39, 0.29) is 36.0 Å². The number of esters is 1. The summed E-state index contributed by atoms with van der Waals surface area (Å²) in [5.41, 5.74) is 11.1. The Labute approximate surface area is 226 Å². The van der Waals surface area contributed by atoms with Crippen LogP contribution in [0.25, 0.3) is 10.8 Å². The molecule has 0 fully saturated rings. The van der Waals surface area contributed by atoms with E-state index in [1.165, 1.54) is 19.2 Å². The Balaban J connectivity index is 0.00000507. The van der Waals surface area contributed by atoms with E-state index in [1.54, 1.807) is 24.3 Å². The number of amides is 2. The monoisotopic (exact) mass is 539 g/mol. The SMILES string of the molecule is COC(=O)C(CCCCN=C(N)N)NC(=O)C(=O)c1ccccc1NC(=O)c1ccc2ccccc2c1.Cl. The Morgan fingerprint density at radius 2 is 1.61 bits per heavy atom. The molecule has 3 aromatic carbocycles. The zero-order valence-electron chi connectivity index (χ0n) is 20.8. The highest BCUT2D eigenvalue weighted by molar-refractivity contribution is 6.44. The second kappa shape index (κ2) is 14.3. The van der Waals surface area contributed by atoms with Gasteiger partial charge in [0.2, 0.25) is 0 Å². The minimum atomic E-state index is -1.03. The number of fused-ring (bicyclic) bond motifs is 1. The number of aliphatic imine (C=N–C) groups is 1. The molecule has 0 aliphatic heterocycles. The molecule has 200 valence electrons. The summed E-state index contributed by atoms with van der Waals surface area (Å²) in [4.78, 5) is 54.7. The van der Waals surface area contributed by atoms with Crippen LogP contribution in [-0.4, -0.2) is 49.2 Å². The van der Waals surface area contributed by atoms with Crippen molar-refractivity contribution < 1.29 is 23.9 Å². The van der Waals surface area contributed by atoms with Crippen LogP contribution >= 0.6 is 12.4 Å². The first-order chi connectivity index (χ1) is 17.8. The number of hydrogen-bond donors (Lipinski definition) is 4. The lowest BCUT2D eigenvalue weighted by atomic mass is 10.0. The van der Waals surface area contributed by atoms with Crippen molar-refractivity contribution in [2.75, 3.05) is 19.0 Å². The van der Waals surface area contributed by atoms with Gasteiger partial charge in [-0.25, -0.2) is 4.79 Å². The first-order valence-corrected chi connectivity index (χ1v) is 11.7. The molecular formula is C27H30ClN5O5. The summed E-state index contributed by atoms with van der Waals surface area (Å²) >= 11 is 0. The second-order valence-electron chi connectivity index (χ2n) is 8.24. The molecule has 0 radical (unpaired) electrons. The van der Waals surface area contributed by atoms with Crippen molar-refractivity contribution in [2.45, 2.75) is 25.3 Å². The Morgan fingerprint density at radius 3 is 2.32 bits per heavy atom. The number of hydrogen-bond acceptors (Lipinski definition) is 6. The number of ether oxygens (including phenoxy) is 1. The predicted molar refractivity (Wildman–Crippen MR) is 148 cm³/mol. The number of guanidine groups is 1. The molecule has 0 aliphatic carbocycles. The van der Waals surface area contributed by atoms with Crippen LogP contribution in [0.1, 0.15) is 40.0 Å². The Kier molecular flexibility index (Phi) is 11.2. The first kappa shape index (κ1) is 29.8. The molecule has 3 rings (SSSR count). The largest absolute Gasteiger partial charge is 0.467 e. The van der Waals surface area contributed by atoms with Crippen LogP contribution < -0.4 is 22.1 Å². The highest BCUT2D eigenvalue weighted by Gasteiger charge is 2.27. The van der Waals surface area contributed by atoms with Gasteiger partial charge in [-0.2, -0.15) is 0 Å². The molecule has 10 nitrogen and oxygen atoms in total. The number of benzene rings is 3. The van der Waals surface area contributed by atoms with Crippen molar-refractivity contribution >= 4 is 58.4 Å². The number of methoxy groups -OCH3 is 1. The molecule has 0 saturated heterocycles. The number of Topliss-reactive ketones (excluding diaryl/α,β-unsaturated/α-hetero) is 1. The lowest BCUT2D eigenvalue weighted by Crippen LogP contribution is -2.44. The lowest BCUT2D eigenvalue weighted by molar-refractivity contribution is -0.144. The van der Waals surface area contributed by atoms with Gasteiger partial charge in [0.25, 0.3) is 17.6 Å². The van der Waals surface area contributed by atoms with Crippen molar-refractivity contribution in [2.24, 2.45) is 16.5 Å². The van der Waals surface area contributed by atoms with E-state index < -0.39 is 29.6 Å². The average molecular weight is 540 g/mol. The van der Waals surface area contributed by atoms with Crippen LogP contribution in [0.2, 0.25) is 0 Å². The number of rotatable bonds is 11. The van der Waals surface area contributed by atoms with Crippen LogP contribution in [0.3, 0.4) is 0 Å². The number of nitrogens with two attached hydrogens (primary N) is 2. The molecule has 0 heterocycles. The fourth-order valence-corrected chi connectivity index (χ4v) is 3.72. The normalized spacial score (nSPS) is 11.0. The number of nitrogens with one attached hydrogen (secondary N) is 2. The quantitative estimate of drug-likeness (QED) is 0.0725. The van der Waals surface area contributed by atoms with Crippen molar-refractivity contribution in [3.63, 3.8) is 0 Å². The molecule has 3 aromatic rings. The smallest absolute Gasteiger partial charge is 0.328 e. The third-order valence-electron chi connectivity index (χ3n) is 5.62. The summed E-state index contributed by atoms with van der Waals surface area (Å²) in [6, 6.07) is 18.0. The topological polar surface area (TPSA) is 166 Å². The number of ketones is 1. The van der Waals surface area contributed by atoms with E-state index in [0.29, 0.717) is 24.9 Å². The van der Waals surface area contributed by atoms with Crippen LogP contribution in [0.15, 0.2) is 71.7 Å². The Bertz CT molecular complexity index is 1340. The van der Waals surface area contributed by atoms with Crippen molar-refractivity contribution in [1.29, 1.82) is 0 Å². The minimum absolute atomic E-state index is 0. The molecular weight excluding hydrogens is 510 g/mol. The van der Waals surface area contributed by atoms with Gasteiger partial charge in [0.15, 0.2) is 5.96 Å². The number of halogens is 1. The highest BCUT2D eigenvalue weighted by Crippen LogP contribution is 2.20. The van der Waals surface area contributed by atoms with E-state index in [1.807, 2.05) is 30.3 Å². The van der Waals surface area contributed by atoms with Crippen LogP contribution in [0, 0.1) is 0 Å². The average Bonchev–Trinajstić information content (AvgIpc) is 2.91. The third-order valence-corrected chi connectivity index (χ3v) is 5.62. The van der Waals surface area contributed by atoms with E-state index in [9.17, 15) is 19.2 Å². The standard InChI is InChI=1S/C27H29N5O5.ClH/c1-37-26(36)22(12-6-7-15-30-27(28)29)32-25(35)23(33)20-10-4-5-11-21(20)31-24(34)19-14-13-17-8-2-3-9-18(17)16-19;/h2-5,8-11,13-14,16,22H,6-7,12,15H2,1H3,(H,31,34)(H,32,35)(H4,28,29,30);1H. The van der Waals surface area contributed by atoms with Crippen molar-refractivity contribution in [3.8, 4) is 0 Å². The number of para-hydroxylation sites is 1. The number of anilines is 1. The molecule has 38 heavy (non-hydrogen) atoms. The van der Waals surface area contributed by atoms with Gasteiger partial charge < -0.3 is 26.8 Å². The Morgan fingerprint density at radius 1 is 0.921 bits per heavy atom.